The van der Waals surface area contributed by atoms with Gasteiger partial charge in [0.05, 0.1) is 0 Å². The number of aryl methyl sites for hydroxylation is 4. The van der Waals surface area contributed by atoms with Crippen LogP contribution in [0.4, 0.5) is 0 Å². The first-order valence-electron chi connectivity index (χ1n) is 23.6. The second kappa shape index (κ2) is 14.4. The second-order valence-electron chi connectivity index (χ2n) is 19.6. The van der Waals surface area contributed by atoms with Gasteiger partial charge in [0.2, 0.25) is 0 Å². The molecule has 2 nitrogen and oxygen atoms in total. The zero-order valence-corrected chi connectivity index (χ0v) is 42.8. The summed E-state index contributed by atoms with van der Waals surface area (Å²) in [4.78, 5) is 0. The summed E-state index contributed by atoms with van der Waals surface area (Å²) in [5, 5.41) is 7.86. The molecule has 0 aromatic heterocycles. The predicted octanol–water partition coefficient (Wildman–Crippen LogP) is 14.3. The third kappa shape index (κ3) is 5.50. The molecule has 0 saturated carbocycles. The summed E-state index contributed by atoms with van der Waals surface area (Å²) in [6.07, 6.45) is 0. The molecule has 0 N–H and O–H groups in total. The Kier molecular flexibility index (Phi) is 8.43. The van der Waals surface area contributed by atoms with Crippen LogP contribution < -0.4 is 42.3 Å². The van der Waals surface area contributed by atoms with Gasteiger partial charge < -0.3 is 9.47 Å². The van der Waals surface area contributed by atoms with Crippen molar-refractivity contribution >= 4 is 126 Å². The number of fused-ring (bicyclic) bond motifs is 8. The van der Waals surface area contributed by atoms with Crippen molar-refractivity contribution in [1.82, 2.24) is 0 Å². The van der Waals surface area contributed by atoms with Gasteiger partial charge >= 0.3 is 0 Å². The van der Waals surface area contributed by atoms with Crippen molar-refractivity contribution in [3.8, 4) is 78.6 Å². The van der Waals surface area contributed by atoms with Crippen LogP contribution in [0.3, 0.4) is 0 Å². The zero-order valence-electron chi connectivity index (χ0n) is 38.0. The summed E-state index contributed by atoms with van der Waals surface area (Å²) in [7, 11) is 0. The van der Waals surface area contributed by atoms with Crippen molar-refractivity contribution in [2.75, 3.05) is 0 Å². The minimum absolute atomic E-state index is 0.0524. The summed E-state index contributed by atoms with van der Waals surface area (Å²) < 4.78 is 17.0. The maximum absolute atomic E-state index is 7.11. The summed E-state index contributed by atoms with van der Waals surface area (Å²) in [5.41, 5.74) is 24.8. The molecule has 69 heavy (non-hydrogen) atoms. The lowest BCUT2D eigenvalue weighted by Crippen LogP contribution is -2.58. The van der Waals surface area contributed by atoms with Gasteiger partial charge in [-0.1, -0.05) is 156 Å². The Hall–Kier alpha value is -6.37. The molecule has 15 rings (SSSR count). The Labute approximate surface area is 426 Å². The molecule has 0 amide bonds. The van der Waals surface area contributed by atoms with Crippen molar-refractivity contribution in [1.29, 1.82) is 0 Å². The van der Waals surface area contributed by atoms with Crippen molar-refractivity contribution in [3.63, 3.8) is 0 Å². The molecular formula is C62H37B2Br3O2. The fourth-order valence-corrected chi connectivity index (χ4v) is 14.4. The van der Waals surface area contributed by atoms with Crippen molar-refractivity contribution in [3.05, 3.63) is 187 Å². The molecule has 0 saturated heterocycles. The summed E-state index contributed by atoms with van der Waals surface area (Å²) in [6, 6.07) is 56.9. The number of rotatable bonds is 3. The van der Waals surface area contributed by atoms with Crippen LogP contribution in [0.5, 0.6) is 23.0 Å². The molecule has 4 aliphatic heterocycles. The van der Waals surface area contributed by atoms with Gasteiger partial charge in [-0.2, -0.15) is 0 Å². The SMILES string of the molecule is Cc1cccc(C)c1-c1cc2c3c(cc4c(-c5c(C)cccc5C)cc5c6c(cc1c3c46)B1c3ccc(-c4ccccc4)cc3Oc3cc(Br)cc-5c31)B1c3ccc(Br)cc3Oc3cc(Br)cc-2c31. The van der Waals surface area contributed by atoms with E-state index in [1.807, 2.05) is 0 Å². The Bertz CT molecular complexity index is 4140. The molecule has 4 heterocycles. The van der Waals surface area contributed by atoms with Gasteiger partial charge in [0.15, 0.2) is 0 Å². The third-order valence-electron chi connectivity index (χ3n) is 15.8. The third-order valence-corrected chi connectivity index (χ3v) is 17.2. The van der Waals surface area contributed by atoms with E-state index >= 15 is 0 Å². The van der Waals surface area contributed by atoms with E-state index in [2.05, 4.69) is 227 Å². The molecule has 4 aliphatic rings. The lowest BCUT2D eigenvalue weighted by Gasteiger charge is -2.38. The van der Waals surface area contributed by atoms with Gasteiger partial charge in [-0.15, -0.1) is 0 Å². The molecular weight excluding hydrogens is 1040 g/mol. The molecule has 0 spiro atoms. The van der Waals surface area contributed by atoms with Gasteiger partial charge in [-0.25, -0.2) is 0 Å². The van der Waals surface area contributed by atoms with Gasteiger partial charge in [0.1, 0.15) is 23.0 Å². The fourth-order valence-electron chi connectivity index (χ4n) is 13.1. The number of ether oxygens (including phenoxy) is 2. The number of hydrogen-bond donors (Lipinski definition) is 0. The van der Waals surface area contributed by atoms with Crippen LogP contribution in [-0.2, 0) is 0 Å². The molecule has 0 fully saturated rings. The normalized spacial score (nSPS) is 13.3. The van der Waals surface area contributed by atoms with Gasteiger partial charge in [0.25, 0.3) is 13.4 Å². The first kappa shape index (κ1) is 40.5. The molecule has 0 aliphatic carbocycles. The fraction of sp³-hybridized carbons (Fsp3) is 0.0645. The van der Waals surface area contributed by atoms with E-state index in [0.29, 0.717) is 0 Å². The first-order chi connectivity index (χ1) is 33.6. The summed E-state index contributed by atoms with van der Waals surface area (Å²) >= 11 is 11.8. The highest BCUT2D eigenvalue weighted by Crippen LogP contribution is 2.52. The van der Waals surface area contributed by atoms with Crippen LogP contribution in [0.1, 0.15) is 22.3 Å². The van der Waals surface area contributed by atoms with Gasteiger partial charge in [0, 0.05) is 13.4 Å². The lowest BCUT2D eigenvalue weighted by molar-refractivity contribution is 0.487. The Morgan fingerprint density at radius 1 is 0.333 bits per heavy atom. The Morgan fingerprint density at radius 2 is 0.797 bits per heavy atom. The smallest absolute Gasteiger partial charge is 0.252 e. The van der Waals surface area contributed by atoms with E-state index in [4.69, 9.17) is 9.47 Å². The van der Waals surface area contributed by atoms with Crippen LogP contribution in [0, 0.1) is 27.7 Å². The molecule has 11 aromatic rings. The van der Waals surface area contributed by atoms with E-state index in [1.54, 1.807) is 0 Å². The highest BCUT2D eigenvalue weighted by molar-refractivity contribution is 9.11. The monoisotopic (exact) mass is 1070 g/mol. The van der Waals surface area contributed by atoms with Crippen molar-refractivity contribution in [2.24, 2.45) is 0 Å². The molecule has 324 valence electrons. The maximum Gasteiger partial charge on any atom is 0.252 e. The van der Waals surface area contributed by atoms with Crippen LogP contribution in [0.2, 0.25) is 0 Å². The average Bonchev–Trinajstić information content (AvgIpc) is 3.33. The maximum atomic E-state index is 7.11. The Morgan fingerprint density at radius 3 is 1.30 bits per heavy atom. The predicted molar refractivity (Wildman–Crippen MR) is 302 cm³/mol. The van der Waals surface area contributed by atoms with E-state index < -0.39 is 0 Å². The average molecular weight is 1080 g/mol. The topological polar surface area (TPSA) is 18.5 Å². The van der Waals surface area contributed by atoms with E-state index in [0.717, 1.165) is 42.0 Å². The van der Waals surface area contributed by atoms with E-state index in [1.165, 1.54) is 137 Å². The number of halogens is 3. The molecule has 0 radical (unpaired) electrons. The second-order valence-corrected chi connectivity index (χ2v) is 22.4. The molecule has 0 atom stereocenters. The van der Waals surface area contributed by atoms with Gasteiger partial charge in [-0.3, -0.25) is 0 Å². The van der Waals surface area contributed by atoms with E-state index in [-0.39, 0.29) is 13.4 Å². The zero-order chi connectivity index (χ0) is 46.3. The molecule has 0 bridgehead atoms. The quantitative estimate of drug-likeness (QED) is 0.130. The van der Waals surface area contributed by atoms with Crippen molar-refractivity contribution in [2.45, 2.75) is 27.7 Å². The molecule has 0 unspecified atom stereocenters. The minimum atomic E-state index is -0.0697. The summed E-state index contributed by atoms with van der Waals surface area (Å²) in [6.45, 7) is 8.98. The highest BCUT2D eigenvalue weighted by atomic mass is 79.9. The Balaban J connectivity index is 1.18. The van der Waals surface area contributed by atoms with E-state index in [9.17, 15) is 0 Å². The van der Waals surface area contributed by atoms with Crippen LogP contribution in [0.25, 0.3) is 88.0 Å². The lowest BCUT2D eigenvalue weighted by atomic mass is 9.32. The highest BCUT2D eigenvalue weighted by Gasteiger charge is 2.44. The largest absolute Gasteiger partial charge is 0.458 e. The number of benzene rings is 11. The number of hydrogen-bond acceptors (Lipinski definition) is 2. The first-order valence-corrected chi connectivity index (χ1v) is 26.0. The minimum Gasteiger partial charge on any atom is -0.458 e. The standard InChI is InChI=1S/C62H37B2Br3O2/c1-30-10-8-11-31(2)55(30)39-27-42-46-22-38(67)25-54-62(46)64(48-19-17-36(65)23-52(48)69-54)50-29-44-40(56-32(3)12-9-13-33(56)4)26-41-45-21-37(66)24-53-61(45)63(49-28-43(39)60(58(42)50)59(44)57(41)49)47-18-16-35(20-51(47)68-53)34-14-6-5-7-15-34/h5-29H,1-4H3. The molecule has 11 aromatic carbocycles. The molecule has 7 heteroatoms. The van der Waals surface area contributed by atoms with Gasteiger partial charge in [-0.05, 0) is 214 Å². The summed E-state index contributed by atoms with van der Waals surface area (Å²) in [5.74, 6) is 3.58. The van der Waals surface area contributed by atoms with Crippen molar-refractivity contribution < 1.29 is 9.47 Å². The van der Waals surface area contributed by atoms with Crippen LogP contribution in [0.15, 0.2) is 165 Å². The van der Waals surface area contributed by atoms with Crippen LogP contribution >= 0.6 is 47.8 Å². The van der Waals surface area contributed by atoms with Crippen LogP contribution in [-0.4, -0.2) is 13.4 Å².